The van der Waals surface area contributed by atoms with Gasteiger partial charge in [-0.25, -0.2) is 4.98 Å². The molecule has 0 atom stereocenters. The number of nitrogens with zero attached hydrogens (tertiary/aromatic N) is 3. The molecular formula is C31H23N3PtS. The molecule has 0 amide bonds. The van der Waals surface area contributed by atoms with Crippen LogP contribution in [-0.2, 0) is 26.5 Å². The Labute approximate surface area is 230 Å². The molecule has 0 radical (unpaired) electrons. The van der Waals surface area contributed by atoms with E-state index in [0.717, 1.165) is 38.4 Å². The molecule has 5 aromatic rings. The van der Waals surface area contributed by atoms with Crippen molar-refractivity contribution < 1.29 is 21.1 Å². The third kappa shape index (κ3) is 4.40. The van der Waals surface area contributed by atoms with Gasteiger partial charge in [0.05, 0.1) is 5.03 Å². The molecule has 6 rings (SSSR count). The van der Waals surface area contributed by atoms with Gasteiger partial charge < -0.3 is 4.90 Å². The summed E-state index contributed by atoms with van der Waals surface area (Å²) in [7, 11) is 0. The predicted molar refractivity (Wildman–Crippen MR) is 143 cm³/mol. The molecule has 0 aliphatic carbocycles. The fourth-order valence-electron chi connectivity index (χ4n) is 4.68. The molecule has 0 N–H and O–H groups in total. The molecular weight excluding hydrogens is 642 g/mol. The van der Waals surface area contributed by atoms with E-state index in [1.54, 1.807) is 18.0 Å². The zero-order chi connectivity index (χ0) is 23.8. The van der Waals surface area contributed by atoms with E-state index in [0.29, 0.717) is 0 Å². The second kappa shape index (κ2) is 10.0. The zero-order valence-electron chi connectivity index (χ0n) is 19.9. The number of hydrogen-bond acceptors (Lipinski definition) is 4. The Balaban J connectivity index is 0.00000267. The first-order chi connectivity index (χ1) is 17.1. The summed E-state index contributed by atoms with van der Waals surface area (Å²) in [5.74, 6) is 0. The van der Waals surface area contributed by atoms with Gasteiger partial charge in [-0.3, -0.25) is 4.98 Å². The number of para-hydroxylation sites is 2. The Hall–Kier alpha value is -3.20. The van der Waals surface area contributed by atoms with Crippen molar-refractivity contribution in [2.75, 3.05) is 4.90 Å². The fraction of sp³-hybridized carbons (Fsp3) is 0.0968. The monoisotopic (exact) mass is 664 g/mol. The van der Waals surface area contributed by atoms with Gasteiger partial charge in [0.1, 0.15) is 5.03 Å². The minimum atomic E-state index is -0.156. The second-order valence-electron chi connectivity index (χ2n) is 8.99. The summed E-state index contributed by atoms with van der Waals surface area (Å²) >= 11 is 1.56. The molecule has 0 bridgehead atoms. The summed E-state index contributed by atoms with van der Waals surface area (Å²) in [5.41, 5.74) is 7.42. The molecule has 0 saturated heterocycles. The van der Waals surface area contributed by atoms with E-state index in [9.17, 15) is 0 Å². The Morgan fingerprint density at radius 3 is 2.39 bits per heavy atom. The van der Waals surface area contributed by atoms with E-state index >= 15 is 0 Å². The maximum Gasteiger partial charge on any atom is 2.00 e. The zero-order valence-corrected chi connectivity index (χ0v) is 23.0. The van der Waals surface area contributed by atoms with E-state index in [1.165, 1.54) is 11.1 Å². The van der Waals surface area contributed by atoms with E-state index in [-0.39, 0.29) is 26.5 Å². The normalized spacial score (nSPS) is 13.3. The molecule has 5 heteroatoms. The molecule has 36 heavy (non-hydrogen) atoms. The Kier molecular flexibility index (Phi) is 6.83. The summed E-state index contributed by atoms with van der Waals surface area (Å²) in [6, 6.07) is 40.3. The van der Waals surface area contributed by atoms with Crippen LogP contribution in [0, 0.1) is 12.1 Å². The molecule has 1 aliphatic heterocycles. The molecule has 2 aromatic heterocycles. The Morgan fingerprint density at radius 1 is 0.778 bits per heavy atom. The van der Waals surface area contributed by atoms with Gasteiger partial charge in [0.2, 0.25) is 0 Å². The summed E-state index contributed by atoms with van der Waals surface area (Å²) in [5, 5.41) is 1.84. The molecule has 3 heterocycles. The van der Waals surface area contributed by atoms with E-state index < -0.39 is 0 Å². The van der Waals surface area contributed by atoms with Crippen molar-refractivity contribution in [1.29, 1.82) is 0 Å². The topological polar surface area (TPSA) is 29.0 Å². The third-order valence-electron chi connectivity index (χ3n) is 6.42. The minimum Gasteiger partial charge on any atom is -0.352 e. The summed E-state index contributed by atoms with van der Waals surface area (Å²) in [6.45, 7) is 4.57. The maximum atomic E-state index is 4.93. The van der Waals surface area contributed by atoms with E-state index in [2.05, 4.69) is 84.4 Å². The van der Waals surface area contributed by atoms with Crippen molar-refractivity contribution in [1.82, 2.24) is 9.97 Å². The van der Waals surface area contributed by atoms with Crippen LogP contribution in [0.5, 0.6) is 0 Å². The average molecular weight is 665 g/mol. The molecule has 178 valence electrons. The van der Waals surface area contributed by atoms with Crippen LogP contribution < -0.4 is 4.90 Å². The van der Waals surface area contributed by atoms with Gasteiger partial charge >= 0.3 is 21.1 Å². The first-order valence-corrected chi connectivity index (χ1v) is 12.4. The molecule has 3 nitrogen and oxygen atoms in total. The predicted octanol–water partition coefficient (Wildman–Crippen LogP) is 8.00. The van der Waals surface area contributed by atoms with E-state index in [1.807, 2.05) is 48.5 Å². The average Bonchev–Trinajstić information content (AvgIpc) is 2.90. The van der Waals surface area contributed by atoms with Crippen LogP contribution >= 0.6 is 11.8 Å². The van der Waals surface area contributed by atoms with Gasteiger partial charge in [-0.05, 0) is 46.6 Å². The molecule has 0 fully saturated rings. The van der Waals surface area contributed by atoms with Crippen LogP contribution in [-0.4, -0.2) is 9.97 Å². The van der Waals surface area contributed by atoms with Crippen molar-refractivity contribution in [3.05, 3.63) is 127 Å². The van der Waals surface area contributed by atoms with Gasteiger partial charge in [-0.15, -0.1) is 29.8 Å². The number of hydrogen-bond donors (Lipinski definition) is 0. The summed E-state index contributed by atoms with van der Waals surface area (Å²) < 4.78 is 0. The van der Waals surface area contributed by atoms with Crippen LogP contribution in [0.2, 0.25) is 0 Å². The smallest absolute Gasteiger partial charge is 0.352 e. The van der Waals surface area contributed by atoms with Crippen LogP contribution in [0.3, 0.4) is 0 Å². The molecule has 3 aromatic carbocycles. The van der Waals surface area contributed by atoms with Crippen LogP contribution in [0.25, 0.3) is 11.3 Å². The number of rotatable bonds is 4. The number of fused-ring (bicyclic) bond motifs is 2. The standard InChI is InChI=1S/C31H23N3S.Pt/c1-31(2)24-13-6-7-15-27(24)34(23-11-4-3-5-12-23)28-21-22(18-19-25(28)31)26-14-10-17-30(33-26)35-29-16-8-9-20-32-29;/h3-11,13-20H,1-2H3;/q-2;+2. The van der Waals surface area contributed by atoms with E-state index in [4.69, 9.17) is 4.98 Å². The van der Waals surface area contributed by atoms with Gasteiger partial charge in [-0.2, -0.15) is 24.3 Å². The quantitative estimate of drug-likeness (QED) is 0.182. The van der Waals surface area contributed by atoms with Crippen molar-refractivity contribution in [2.24, 2.45) is 0 Å². The van der Waals surface area contributed by atoms with Crippen molar-refractivity contribution in [3.63, 3.8) is 0 Å². The van der Waals surface area contributed by atoms with Crippen LogP contribution in [0.15, 0.2) is 113 Å². The van der Waals surface area contributed by atoms with Gasteiger partial charge in [0.25, 0.3) is 0 Å². The maximum absolute atomic E-state index is 4.93. The van der Waals surface area contributed by atoms with Crippen molar-refractivity contribution in [3.8, 4) is 11.3 Å². The van der Waals surface area contributed by atoms with Gasteiger partial charge in [0, 0.05) is 11.9 Å². The van der Waals surface area contributed by atoms with Gasteiger partial charge in [0.15, 0.2) is 0 Å². The van der Waals surface area contributed by atoms with Gasteiger partial charge in [-0.1, -0.05) is 73.3 Å². The number of benzene rings is 3. The number of pyridine rings is 2. The first kappa shape index (κ1) is 24.5. The van der Waals surface area contributed by atoms with Crippen molar-refractivity contribution in [2.45, 2.75) is 29.3 Å². The second-order valence-corrected chi connectivity index (χ2v) is 10.0. The number of aromatic nitrogens is 2. The largest absolute Gasteiger partial charge is 2.00 e. The number of anilines is 3. The Bertz CT molecular complexity index is 1500. The molecule has 0 unspecified atom stereocenters. The third-order valence-corrected chi connectivity index (χ3v) is 7.31. The fourth-order valence-corrected chi connectivity index (χ4v) is 5.45. The molecule has 0 saturated carbocycles. The Morgan fingerprint density at radius 2 is 1.58 bits per heavy atom. The van der Waals surface area contributed by atoms with Crippen LogP contribution in [0.4, 0.5) is 17.1 Å². The van der Waals surface area contributed by atoms with Crippen LogP contribution in [0.1, 0.15) is 25.0 Å². The first-order valence-electron chi connectivity index (χ1n) is 11.6. The SMILES string of the molecule is CC1(C)c2ccc(-c3cccc(Sc4ccccn4)n3)[c-]c2N(c2[c-]cccc2)c2ccccc21.[Pt+2]. The molecule has 0 spiro atoms. The summed E-state index contributed by atoms with van der Waals surface area (Å²) in [6.07, 6.45) is 1.80. The molecule has 1 aliphatic rings. The van der Waals surface area contributed by atoms with Crippen molar-refractivity contribution >= 4 is 28.8 Å². The minimum absolute atomic E-state index is 0. The summed E-state index contributed by atoms with van der Waals surface area (Å²) in [4.78, 5) is 11.6.